The number of rotatable bonds is 7. The van der Waals surface area contributed by atoms with Gasteiger partial charge in [0.2, 0.25) is 5.91 Å². The molecule has 2 aromatic carbocycles. The number of nitrogens with one attached hydrogen (secondary N) is 1. The summed E-state index contributed by atoms with van der Waals surface area (Å²) in [5.74, 6) is 1.49. The van der Waals surface area contributed by atoms with E-state index in [1.165, 1.54) is 17.3 Å². The van der Waals surface area contributed by atoms with E-state index in [9.17, 15) is 4.79 Å². The Balaban J connectivity index is 1.58. The van der Waals surface area contributed by atoms with Gasteiger partial charge in [0.05, 0.1) is 26.2 Å². The molecule has 0 aliphatic heterocycles. The van der Waals surface area contributed by atoms with Gasteiger partial charge in [0.1, 0.15) is 5.03 Å². The van der Waals surface area contributed by atoms with Crippen LogP contribution < -0.4 is 14.8 Å². The predicted molar refractivity (Wildman–Crippen MR) is 132 cm³/mol. The monoisotopic (exact) mass is 462 g/mol. The van der Waals surface area contributed by atoms with E-state index in [2.05, 4.69) is 16.5 Å². The van der Waals surface area contributed by atoms with Crippen molar-refractivity contribution in [3.05, 3.63) is 65.5 Å². The Hall–Kier alpha value is -3.52. The second-order valence-corrected chi connectivity index (χ2v) is 8.75. The molecule has 170 valence electrons. The number of nitrogens with zero attached hydrogens (tertiary/aromatic N) is 3. The summed E-state index contributed by atoms with van der Waals surface area (Å²) in [6, 6.07) is 13.6. The summed E-state index contributed by atoms with van der Waals surface area (Å²) in [6.07, 6.45) is 1.78. The van der Waals surface area contributed by atoms with Gasteiger partial charge in [-0.25, -0.2) is 9.50 Å². The molecule has 0 saturated carbocycles. The lowest BCUT2D eigenvalue weighted by Gasteiger charge is -2.10. The van der Waals surface area contributed by atoms with E-state index < -0.39 is 0 Å². The summed E-state index contributed by atoms with van der Waals surface area (Å²) in [5.41, 5.74) is 6.41. The van der Waals surface area contributed by atoms with Crippen LogP contribution in [-0.4, -0.2) is 40.5 Å². The van der Waals surface area contributed by atoms with Gasteiger partial charge in [-0.3, -0.25) is 4.79 Å². The Labute approximate surface area is 197 Å². The number of anilines is 1. The van der Waals surface area contributed by atoms with Crippen molar-refractivity contribution in [1.29, 1.82) is 0 Å². The molecule has 0 aliphatic carbocycles. The molecule has 2 aromatic heterocycles. The maximum absolute atomic E-state index is 12.6. The minimum Gasteiger partial charge on any atom is -0.493 e. The molecule has 1 amide bonds. The second-order valence-electron chi connectivity index (χ2n) is 7.75. The molecule has 2 heterocycles. The van der Waals surface area contributed by atoms with Gasteiger partial charge in [-0.2, -0.15) is 5.10 Å². The van der Waals surface area contributed by atoms with Crippen LogP contribution in [0.1, 0.15) is 16.8 Å². The molecule has 0 aliphatic rings. The van der Waals surface area contributed by atoms with Gasteiger partial charge in [-0.1, -0.05) is 35.5 Å². The summed E-state index contributed by atoms with van der Waals surface area (Å²) in [7, 11) is 3.22. The van der Waals surface area contributed by atoms with E-state index in [1.807, 2.05) is 57.2 Å². The fourth-order valence-electron chi connectivity index (χ4n) is 3.64. The SMILES string of the molecule is COc1ccc(-c2cnn3c(SCC(=O)Nc4ccc(C)cc4C)cc(C)nc23)cc1OC. The van der Waals surface area contributed by atoms with Crippen molar-refractivity contribution in [2.75, 3.05) is 25.3 Å². The number of ether oxygens (including phenoxy) is 2. The van der Waals surface area contributed by atoms with Gasteiger partial charge in [0.25, 0.3) is 0 Å². The van der Waals surface area contributed by atoms with Gasteiger partial charge in [0, 0.05) is 16.9 Å². The normalized spacial score (nSPS) is 10.9. The number of hydrogen-bond donors (Lipinski definition) is 1. The molecule has 0 saturated heterocycles. The highest BCUT2D eigenvalue weighted by Crippen LogP contribution is 2.34. The summed E-state index contributed by atoms with van der Waals surface area (Å²) in [4.78, 5) is 17.3. The molecule has 0 fully saturated rings. The van der Waals surface area contributed by atoms with Crippen molar-refractivity contribution in [2.24, 2.45) is 0 Å². The van der Waals surface area contributed by atoms with Crippen LogP contribution >= 0.6 is 11.8 Å². The number of hydrogen-bond acceptors (Lipinski definition) is 6. The van der Waals surface area contributed by atoms with Crippen molar-refractivity contribution in [1.82, 2.24) is 14.6 Å². The number of amides is 1. The number of benzene rings is 2. The largest absolute Gasteiger partial charge is 0.493 e. The van der Waals surface area contributed by atoms with E-state index in [1.54, 1.807) is 24.9 Å². The van der Waals surface area contributed by atoms with Crippen LogP contribution in [0.2, 0.25) is 0 Å². The number of thioether (sulfide) groups is 1. The minimum atomic E-state index is -0.0677. The highest BCUT2D eigenvalue weighted by atomic mass is 32.2. The molecule has 0 radical (unpaired) electrons. The number of fused-ring (bicyclic) bond motifs is 1. The number of carbonyl (C=O) groups is 1. The van der Waals surface area contributed by atoms with Crippen LogP contribution in [0.15, 0.2) is 53.7 Å². The Morgan fingerprint density at radius 2 is 1.82 bits per heavy atom. The maximum Gasteiger partial charge on any atom is 0.234 e. The van der Waals surface area contributed by atoms with Crippen LogP contribution in [0.4, 0.5) is 5.69 Å². The molecule has 7 nitrogen and oxygen atoms in total. The zero-order valence-electron chi connectivity index (χ0n) is 19.3. The van der Waals surface area contributed by atoms with Gasteiger partial charge >= 0.3 is 0 Å². The minimum absolute atomic E-state index is 0.0677. The van der Waals surface area contributed by atoms with Crippen LogP contribution in [0, 0.1) is 20.8 Å². The standard InChI is InChI=1S/C25H26N4O3S/c1-15-6-8-20(16(2)10-15)28-23(30)14-33-24-11-17(3)27-25-19(13-26-29(24)25)18-7-9-21(31-4)22(12-18)32-5/h6-13H,14H2,1-5H3,(H,28,30). The first-order valence-corrected chi connectivity index (χ1v) is 11.5. The molecule has 0 unspecified atom stereocenters. The highest BCUT2D eigenvalue weighted by Gasteiger charge is 2.16. The molecular formula is C25H26N4O3S. The fourth-order valence-corrected chi connectivity index (χ4v) is 4.50. The molecule has 4 rings (SSSR count). The molecule has 1 N–H and O–H groups in total. The first kappa shape index (κ1) is 22.7. The zero-order chi connectivity index (χ0) is 23.5. The number of carbonyl (C=O) groups excluding carboxylic acids is 1. The Kier molecular flexibility index (Phi) is 6.55. The topological polar surface area (TPSA) is 77.8 Å². The van der Waals surface area contributed by atoms with Crippen molar-refractivity contribution in [3.63, 3.8) is 0 Å². The Morgan fingerprint density at radius 3 is 2.55 bits per heavy atom. The zero-order valence-corrected chi connectivity index (χ0v) is 20.1. The Morgan fingerprint density at radius 1 is 1.03 bits per heavy atom. The summed E-state index contributed by atoms with van der Waals surface area (Å²) < 4.78 is 12.6. The van der Waals surface area contributed by atoms with Crippen LogP contribution in [0.5, 0.6) is 11.5 Å². The third-order valence-electron chi connectivity index (χ3n) is 5.27. The smallest absolute Gasteiger partial charge is 0.234 e. The van der Waals surface area contributed by atoms with Crippen LogP contribution in [0.3, 0.4) is 0 Å². The van der Waals surface area contributed by atoms with E-state index in [-0.39, 0.29) is 11.7 Å². The van der Waals surface area contributed by atoms with Gasteiger partial charge in [-0.05, 0) is 56.2 Å². The second kappa shape index (κ2) is 9.54. The molecule has 8 heteroatoms. The molecule has 0 spiro atoms. The molecule has 33 heavy (non-hydrogen) atoms. The van der Waals surface area contributed by atoms with Gasteiger partial charge in [0.15, 0.2) is 17.1 Å². The summed E-state index contributed by atoms with van der Waals surface area (Å²) >= 11 is 1.43. The first-order valence-electron chi connectivity index (χ1n) is 10.5. The van der Waals surface area contributed by atoms with E-state index >= 15 is 0 Å². The van der Waals surface area contributed by atoms with E-state index in [0.717, 1.165) is 38.7 Å². The average molecular weight is 463 g/mol. The first-order chi connectivity index (χ1) is 15.9. The lowest BCUT2D eigenvalue weighted by molar-refractivity contribution is -0.113. The van der Waals surface area contributed by atoms with Gasteiger partial charge < -0.3 is 14.8 Å². The summed E-state index contributed by atoms with van der Waals surface area (Å²) in [5, 5.41) is 8.39. The maximum atomic E-state index is 12.6. The number of methoxy groups -OCH3 is 2. The van der Waals surface area contributed by atoms with E-state index in [4.69, 9.17) is 14.5 Å². The third kappa shape index (κ3) is 4.80. The predicted octanol–water partition coefficient (Wildman–Crippen LogP) is 5.07. The summed E-state index contributed by atoms with van der Waals surface area (Å²) in [6.45, 7) is 5.96. The molecule has 4 aromatic rings. The lowest BCUT2D eigenvalue weighted by atomic mass is 10.1. The van der Waals surface area contributed by atoms with E-state index in [0.29, 0.717) is 11.5 Å². The van der Waals surface area contributed by atoms with Crippen molar-refractivity contribution in [2.45, 2.75) is 25.8 Å². The molecule has 0 bridgehead atoms. The average Bonchev–Trinajstić information content (AvgIpc) is 3.22. The lowest BCUT2D eigenvalue weighted by Crippen LogP contribution is -2.15. The molecule has 0 atom stereocenters. The fraction of sp³-hybridized carbons (Fsp3) is 0.240. The number of aryl methyl sites for hydroxylation is 3. The quantitative estimate of drug-likeness (QED) is 0.305. The van der Waals surface area contributed by atoms with Crippen LogP contribution in [-0.2, 0) is 4.79 Å². The number of aromatic nitrogens is 3. The van der Waals surface area contributed by atoms with Gasteiger partial charge in [-0.15, -0.1) is 0 Å². The highest BCUT2D eigenvalue weighted by molar-refractivity contribution is 7.99. The third-order valence-corrected chi connectivity index (χ3v) is 6.26. The molecular weight excluding hydrogens is 436 g/mol. The Bertz CT molecular complexity index is 1330. The van der Waals surface area contributed by atoms with Crippen LogP contribution in [0.25, 0.3) is 16.8 Å². The van der Waals surface area contributed by atoms with Crippen molar-refractivity contribution in [3.8, 4) is 22.6 Å². The van der Waals surface area contributed by atoms with Crippen molar-refractivity contribution >= 4 is 29.0 Å². The van der Waals surface area contributed by atoms with Crippen molar-refractivity contribution < 1.29 is 14.3 Å².